The highest BCUT2D eigenvalue weighted by Crippen LogP contribution is 2.42. The fourth-order valence-electron chi connectivity index (χ4n) is 2.84. The van der Waals surface area contributed by atoms with Gasteiger partial charge in [0.2, 0.25) is 0 Å². The summed E-state index contributed by atoms with van der Waals surface area (Å²) in [5, 5.41) is 7.87. The Morgan fingerprint density at radius 2 is 2.25 bits per heavy atom. The van der Waals surface area contributed by atoms with Crippen molar-refractivity contribution in [3.05, 3.63) is 18.0 Å². The van der Waals surface area contributed by atoms with Gasteiger partial charge < -0.3 is 10.1 Å². The van der Waals surface area contributed by atoms with Gasteiger partial charge in [-0.1, -0.05) is 27.7 Å². The van der Waals surface area contributed by atoms with E-state index in [1.807, 2.05) is 17.9 Å². The summed E-state index contributed by atoms with van der Waals surface area (Å²) in [6.07, 6.45) is 4.42. The standard InChI is InChI=1S/C16H29N3O/c1-12(2)11-20-15-10-14(16(15,3)4)17-8-6-13-7-9-18-19(13)5/h7,9,12,14-15,17H,6,8,10-11H2,1-5H3. The second-order valence-electron chi connectivity index (χ2n) is 6.98. The smallest absolute Gasteiger partial charge is 0.0656 e. The largest absolute Gasteiger partial charge is 0.377 e. The summed E-state index contributed by atoms with van der Waals surface area (Å²) < 4.78 is 7.95. The third-order valence-corrected chi connectivity index (χ3v) is 4.50. The molecule has 2 unspecified atom stereocenters. The van der Waals surface area contributed by atoms with Gasteiger partial charge in [0.15, 0.2) is 0 Å². The lowest BCUT2D eigenvalue weighted by Crippen LogP contribution is -2.61. The van der Waals surface area contributed by atoms with Gasteiger partial charge in [0.1, 0.15) is 0 Å². The topological polar surface area (TPSA) is 39.1 Å². The Kier molecular flexibility index (Phi) is 4.86. The summed E-state index contributed by atoms with van der Waals surface area (Å²) in [6.45, 7) is 10.9. The molecule has 1 heterocycles. The number of hydrogen-bond acceptors (Lipinski definition) is 3. The molecule has 1 aliphatic carbocycles. The average molecular weight is 279 g/mol. The molecule has 0 spiro atoms. The lowest BCUT2D eigenvalue weighted by molar-refractivity contribution is -0.123. The minimum atomic E-state index is 0.237. The molecule has 0 bridgehead atoms. The van der Waals surface area contributed by atoms with Crippen LogP contribution in [-0.4, -0.2) is 35.1 Å². The molecule has 0 aromatic carbocycles. The summed E-state index contributed by atoms with van der Waals surface area (Å²) in [4.78, 5) is 0. The number of hydrogen-bond donors (Lipinski definition) is 1. The number of rotatable bonds is 7. The molecular formula is C16H29N3O. The van der Waals surface area contributed by atoms with Crippen molar-refractivity contribution in [3.63, 3.8) is 0 Å². The molecular weight excluding hydrogens is 250 g/mol. The highest BCUT2D eigenvalue weighted by Gasteiger charge is 2.48. The van der Waals surface area contributed by atoms with Crippen LogP contribution in [0.15, 0.2) is 12.3 Å². The Balaban J connectivity index is 1.71. The van der Waals surface area contributed by atoms with Gasteiger partial charge in [0.25, 0.3) is 0 Å². The fourth-order valence-corrected chi connectivity index (χ4v) is 2.84. The highest BCUT2D eigenvalue weighted by molar-refractivity contribution is 5.04. The van der Waals surface area contributed by atoms with Gasteiger partial charge in [-0.05, 0) is 18.4 Å². The zero-order chi connectivity index (χ0) is 14.8. The van der Waals surface area contributed by atoms with Crippen LogP contribution in [0, 0.1) is 11.3 Å². The van der Waals surface area contributed by atoms with E-state index in [4.69, 9.17) is 4.74 Å². The molecule has 20 heavy (non-hydrogen) atoms. The zero-order valence-corrected chi connectivity index (χ0v) is 13.5. The van der Waals surface area contributed by atoms with E-state index in [1.165, 1.54) is 5.69 Å². The minimum absolute atomic E-state index is 0.237. The quantitative estimate of drug-likeness (QED) is 0.833. The molecule has 1 aliphatic rings. The Labute approximate surface area is 122 Å². The van der Waals surface area contributed by atoms with Crippen molar-refractivity contribution in [3.8, 4) is 0 Å². The van der Waals surface area contributed by atoms with Crippen LogP contribution in [-0.2, 0) is 18.2 Å². The van der Waals surface area contributed by atoms with Crippen molar-refractivity contribution < 1.29 is 4.74 Å². The first-order chi connectivity index (χ1) is 9.41. The van der Waals surface area contributed by atoms with E-state index in [0.29, 0.717) is 18.1 Å². The second-order valence-corrected chi connectivity index (χ2v) is 6.98. The van der Waals surface area contributed by atoms with E-state index in [9.17, 15) is 0 Å². The van der Waals surface area contributed by atoms with Crippen molar-refractivity contribution >= 4 is 0 Å². The summed E-state index contributed by atoms with van der Waals surface area (Å²) in [5.74, 6) is 0.614. The molecule has 0 saturated heterocycles. The molecule has 1 aromatic rings. The maximum atomic E-state index is 6.00. The molecule has 2 rings (SSSR count). The number of ether oxygens (including phenoxy) is 1. The van der Waals surface area contributed by atoms with E-state index in [1.54, 1.807) is 0 Å². The first-order valence-corrected chi connectivity index (χ1v) is 7.73. The van der Waals surface area contributed by atoms with Crippen LogP contribution >= 0.6 is 0 Å². The highest BCUT2D eigenvalue weighted by atomic mass is 16.5. The van der Waals surface area contributed by atoms with E-state index in [2.05, 4.69) is 44.2 Å². The van der Waals surface area contributed by atoms with Crippen LogP contribution in [0.25, 0.3) is 0 Å². The Hall–Kier alpha value is -0.870. The van der Waals surface area contributed by atoms with Crippen LogP contribution < -0.4 is 5.32 Å². The van der Waals surface area contributed by atoms with Crippen molar-refractivity contribution in [2.75, 3.05) is 13.2 Å². The van der Waals surface area contributed by atoms with Gasteiger partial charge in [-0.2, -0.15) is 5.10 Å². The predicted octanol–water partition coefficient (Wildman–Crippen LogP) is 2.39. The van der Waals surface area contributed by atoms with Crippen LogP contribution in [0.1, 0.15) is 39.8 Å². The van der Waals surface area contributed by atoms with Crippen LogP contribution in [0.2, 0.25) is 0 Å². The molecule has 1 aromatic heterocycles. The zero-order valence-electron chi connectivity index (χ0n) is 13.5. The molecule has 2 atom stereocenters. The molecule has 0 radical (unpaired) electrons. The third-order valence-electron chi connectivity index (χ3n) is 4.50. The van der Waals surface area contributed by atoms with E-state index in [-0.39, 0.29) is 5.41 Å². The number of aromatic nitrogens is 2. The van der Waals surface area contributed by atoms with Gasteiger partial charge in [0.05, 0.1) is 6.10 Å². The molecule has 1 fully saturated rings. The summed E-state index contributed by atoms with van der Waals surface area (Å²) >= 11 is 0. The van der Waals surface area contributed by atoms with E-state index in [0.717, 1.165) is 26.0 Å². The molecule has 0 amide bonds. The van der Waals surface area contributed by atoms with Gasteiger partial charge >= 0.3 is 0 Å². The maximum Gasteiger partial charge on any atom is 0.0656 e. The molecule has 4 nitrogen and oxygen atoms in total. The SMILES string of the molecule is CC(C)COC1CC(NCCc2ccnn2C)C1(C)C. The summed E-state index contributed by atoms with van der Waals surface area (Å²) in [7, 11) is 2.00. The molecule has 4 heteroatoms. The number of aryl methyl sites for hydroxylation is 1. The Bertz CT molecular complexity index is 425. The van der Waals surface area contributed by atoms with Gasteiger partial charge in [-0.25, -0.2) is 0 Å². The van der Waals surface area contributed by atoms with Crippen molar-refractivity contribution in [1.82, 2.24) is 15.1 Å². The van der Waals surface area contributed by atoms with Gasteiger partial charge in [-0.15, -0.1) is 0 Å². The average Bonchev–Trinajstić information content (AvgIpc) is 2.77. The maximum absolute atomic E-state index is 6.00. The fraction of sp³-hybridized carbons (Fsp3) is 0.812. The molecule has 1 N–H and O–H groups in total. The molecule has 0 aliphatic heterocycles. The van der Waals surface area contributed by atoms with Gasteiger partial charge in [0, 0.05) is 50.0 Å². The van der Waals surface area contributed by atoms with Crippen molar-refractivity contribution in [2.24, 2.45) is 18.4 Å². The van der Waals surface area contributed by atoms with Gasteiger partial charge in [-0.3, -0.25) is 4.68 Å². The van der Waals surface area contributed by atoms with Crippen LogP contribution in [0.4, 0.5) is 0 Å². The lowest BCUT2D eigenvalue weighted by Gasteiger charge is -2.52. The minimum Gasteiger partial charge on any atom is -0.377 e. The molecule has 1 saturated carbocycles. The number of nitrogens with one attached hydrogen (secondary N) is 1. The second kappa shape index (κ2) is 6.27. The third kappa shape index (κ3) is 3.41. The first kappa shape index (κ1) is 15.5. The summed E-state index contributed by atoms with van der Waals surface area (Å²) in [6, 6.07) is 2.65. The lowest BCUT2D eigenvalue weighted by atomic mass is 9.64. The van der Waals surface area contributed by atoms with E-state index < -0.39 is 0 Å². The Morgan fingerprint density at radius 3 is 2.80 bits per heavy atom. The van der Waals surface area contributed by atoms with Crippen molar-refractivity contribution in [1.29, 1.82) is 0 Å². The normalized spacial score (nSPS) is 24.9. The molecule has 114 valence electrons. The predicted molar refractivity (Wildman–Crippen MR) is 81.7 cm³/mol. The van der Waals surface area contributed by atoms with Crippen LogP contribution in [0.5, 0.6) is 0 Å². The van der Waals surface area contributed by atoms with Crippen molar-refractivity contribution in [2.45, 2.75) is 52.7 Å². The summed E-state index contributed by atoms with van der Waals surface area (Å²) in [5.41, 5.74) is 1.52. The monoisotopic (exact) mass is 279 g/mol. The first-order valence-electron chi connectivity index (χ1n) is 7.73. The van der Waals surface area contributed by atoms with Crippen LogP contribution in [0.3, 0.4) is 0 Å². The Morgan fingerprint density at radius 1 is 1.50 bits per heavy atom. The van der Waals surface area contributed by atoms with E-state index >= 15 is 0 Å². The number of nitrogens with zero attached hydrogens (tertiary/aromatic N) is 2.